The monoisotopic (exact) mass is 548 g/mol. The average molecular weight is 549 g/mol. The fourth-order valence-electron chi connectivity index (χ4n) is 7.75. The van der Waals surface area contributed by atoms with Crippen molar-refractivity contribution in [1.29, 1.82) is 0 Å². The Balaban J connectivity index is 1.26. The molecule has 3 N–H and O–H groups in total. The molecule has 0 radical (unpaired) electrons. The number of nitrogens with one attached hydrogen (secondary N) is 1. The molecular formula is C31H43F3N2O3. The third-order valence-electron chi connectivity index (χ3n) is 10.1. The molecule has 0 heterocycles. The third-order valence-corrected chi connectivity index (χ3v) is 10.1. The first-order chi connectivity index (χ1) is 18.6. The number of ketones is 1. The van der Waals surface area contributed by atoms with Crippen molar-refractivity contribution in [2.45, 2.75) is 120 Å². The summed E-state index contributed by atoms with van der Waals surface area (Å²) in [5.74, 6) is 1.69. The van der Waals surface area contributed by atoms with Gasteiger partial charge in [-0.2, -0.15) is 0 Å². The average Bonchev–Trinajstić information content (AvgIpc) is 3.73. The minimum absolute atomic E-state index is 0.134. The maximum Gasteiger partial charge on any atom is 0.573 e. The summed E-state index contributed by atoms with van der Waals surface area (Å²) in [6.07, 6.45) is 10.2. The Hall–Kier alpha value is -2.09. The van der Waals surface area contributed by atoms with Crippen LogP contribution in [0.1, 0.15) is 102 Å². The number of nitrogens with two attached hydrogens (primary N) is 1. The van der Waals surface area contributed by atoms with Gasteiger partial charge in [-0.15, -0.1) is 13.2 Å². The summed E-state index contributed by atoms with van der Waals surface area (Å²) in [6.45, 7) is 0. The largest absolute Gasteiger partial charge is 0.573 e. The number of ether oxygens (including phenoxy) is 1. The molecule has 0 aliphatic heterocycles. The molecule has 5 nitrogen and oxygen atoms in total. The number of Topliss-reactive ketones (excluding diaryl/α,β-unsaturated/α-hetero) is 1. The molecule has 5 saturated carbocycles. The summed E-state index contributed by atoms with van der Waals surface area (Å²) in [5.41, 5.74) is 6.23. The number of rotatable bonds is 10. The van der Waals surface area contributed by atoms with Crippen LogP contribution in [0.5, 0.6) is 5.75 Å². The zero-order valence-electron chi connectivity index (χ0n) is 22.8. The fraction of sp³-hybridized carbons (Fsp3) is 0.742. The summed E-state index contributed by atoms with van der Waals surface area (Å²) in [7, 11) is 0. The zero-order valence-corrected chi connectivity index (χ0v) is 22.8. The number of benzene rings is 1. The summed E-state index contributed by atoms with van der Waals surface area (Å²) in [6, 6.07) is 5.31. The molecule has 6 rings (SSSR count). The second-order valence-electron chi connectivity index (χ2n) is 12.9. The molecular weight excluding hydrogens is 505 g/mol. The molecule has 1 amide bonds. The third kappa shape index (κ3) is 7.17. The number of hydrogen-bond donors (Lipinski definition) is 2. The van der Waals surface area contributed by atoms with Gasteiger partial charge in [-0.1, -0.05) is 50.7 Å². The van der Waals surface area contributed by atoms with Gasteiger partial charge in [0.1, 0.15) is 5.75 Å². The minimum Gasteiger partial charge on any atom is -0.406 e. The van der Waals surface area contributed by atoms with Crippen LogP contribution in [0.4, 0.5) is 13.2 Å². The van der Waals surface area contributed by atoms with Crippen LogP contribution in [0.3, 0.4) is 0 Å². The maximum absolute atomic E-state index is 13.8. The first kappa shape index (κ1) is 28.4. The van der Waals surface area contributed by atoms with E-state index in [9.17, 15) is 22.8 Å². The van der Waals surface area contributed by atoms with E-state index in [2.05, 4.69) is 10.1 Å². The Morgan fingerprint density at radius 3 is 2.38 bits per heavy atom. The topological polar surface area (TPSA) is 81.4 Å². The van der Waals surface area contributed by atoms with Gasteiger partial charge in [-0.05, 0) is 92.7 Å². The highest BCUT2D eigenvalue weighted by Gasteiger charge is 2.52. The van der Waals surface area contributed by atoms with E-state index in [4.69, 9.17) is 5.73 Å². The Bertz CT molecular complexity index is 1000. The molecule has 0 spiro atoms. The van der Waals surface area contributed by atoms with Gasteiger partial charge in [0.25, 0.3) is 0 Å². The van der Waals surface area contributed by atoms with E-state index >= 15 is 0 Å². The second kappa shape index (κ2) is 11.8. The lowest BCUT2D eigenvalue weighted by atomic mass is 9.72. The first-order valence-electron chi connectivity index (χ1n) is 15.1. The lowest BCUT2D eigenvalue weighted by molar-refractivity contribution is -0.274. The van der Waals surface area contributed by atoms with Crippen molar-refractivity contribution in [3.05, 3.63) is 29.8 Å². The highest BCUT2D eigenvalue weighted by molar-refractivity contribution is 5.95. The fourth-order valence-corrected chi connectivity index (χ4v) is 7.75. The highest BCUT2D eigenvalue weighted by Crippen LogP contribution is 2.49. The molecule has 4 unspecified atom stereocenters. The lowest BCUT2D eigenvalue weighted by Gasteiger charge is -2.33. The van der Waals surface area contributed by atoms with Crippen molar-refractivity contribution >= 4 is 11.7 Å². The molecule has 0 saturated heterocycles. The first-order valence-corrected chi connectivity index (χ1v) is 15.1. The van der Waals surface area contributed by atoms with E-state index in [0.717, 1.165) is 32.1 Å². The summed E-state index contributed by atoms with van der Waals surface area (Å²) in [4.78, 5) is 27.4. The van der Waals surface area contributed by atoms with Gasteiger partial charge >= 0.3 is 6.36 Å². The van der Waals surface area contributed by atoms with E-state index in [1.165, 1.54) is 62.8 Å². The Kier molecular flexibility index (Phi) is 8.60. The zero-order chi connectivity index (χ0) is 27.6. The molecule has 39 heavy (non-hydrogen) atoms. The van der Waals surface area contributed by atoms with Crippen LogP contribution in [0.25, 0.3) is 0 Å². The second-order valence-corrected chi connectivity index (χ2v) is 12.9. The van der Waals surface area contributed by atoms with E-state index in [1.807, 2.05) is 0 Å². The molecule has 5 fully saturated rings. The smallest absolute Gasteiger partial charge is 0.406 e. The van der Waals surface area contributed by atoms with E-state index in [0.29, 0.717) is 54.9 Å². The minimum atomic E-state index is -4.76. The van der Waals surface area contributed by atoms with Crippen molar-refractivity contribution in [2.75, 3.05) is 0 Å². The molecule has 0 aromatic heterocycles. The maximum atomic E-state index is 13.8. The molecule has 5 aliphatic carbocycles. The van der Waals surface area contributed by atoms with Crippen molar-refractivity contribution in [2.24, 2.45) is 29.4 Å². The number of carbonyl (C=O) groups is 2. The quantitative estimate of drug-likeness (QED) is 0.346. The Morgan fingerprint density at radius 1 is 1.00 bits per heavy atom. The Morgan fingerprint density at radius 2 is 1.72 bits per heavy atom. The van der Waals surface area contributed by atoms with Gasteiger partial charge in [-0.25, -0.2) is 0 Å². The van der Waals surface area contributed by atoms with Crippen LogP contribution >= 0.6 is 0 Å². The number of halogens is 3. The van der Waals surface area contributed by atoms with Gasteiger partial charge in [0.15, 0.2) is 5.78 Å². The summed E-state index contributed by atoms with van der Waals surface area (Å²) < 4.78 is 41.7. The predicted molar refractivity (Wildman–Crippen MR) is 143 cm³/mol. The standard InChI is InChI=1S/C31H43F3N2O3/c32-31(33,34)39-26-11-9-24(10-12-26)30(14-15-30)29(38)36-27(13-7-20-4-2-1-3-5-20)28(37)19-23-16-21-6-8-22(23)18-25(35)17-21/h9-12,20-23,25,27H,1-8,13-19,35H2,(H,36,38)/t21?,22?,23?,25?,27-/m0/s1. The number of alkyl halides is 3. The van der Waals surface area contributed by atoms with Crippen LogP contribution in [-0.4, -0.2) is 30.1 Å². The van der Waals surface area contributed by atoms with Gasteiger partial charge < -0.3 is 15.8 Å². The van der Waals surface area contributed by atoms with Crippen LogP contribution in [0.15, 0.2) is 24.3 Å². The molecule has 2 bridgehead atoms. The van der Waals surface area contributed by atoms with Gasteiger partial charge in [0, 0.05) is 12.5 Å². The molecule has 1 aromatic carbocycles. The van der Waals surface area contributed by atoms with Crippen molar-refractivity contribution < 1.29 is 27.5 Å². The lowest BCUT2D eigenvalue weighted by Crippen LogP contribution is -2.46. The molecule has 216 valence electrons. The van der Waals surface area contributed by atoms with Crippen LogP contribution < -0.4 is 15.8 Å². The molecule has 5 aliphatic rings. The van der Waals surface area contributed by atoms with Crippen molar-refractivity contribution in [3.63, 3.8) is 0 Å². The SMILES string of the molecule is NC1CC2CCC(C1)C(CC(=O)[C@H](CCC1CCCCC1)NC(=O)C1(c3ccc(OC(F)(F)F)cc3)CC1)C2. The molecule has 1 aromatic rings. The van der Waals surface area contributed by atoms with Gasteiger partial charge in [0.05, 0.1) is 11.5 Å². The summed E-state index contributed by atoms with van der Waals surface area (Å²) in [5, 5.41) is 3.14. The predicted octanol–water partition coefficient (Wildman–Crippen LogP) is 6.57. The normalized spacial score (nSPS) is 29.3. The Labute approximate surface area is 229 Å². The van der Waals surface area contributed by atoms with Gasteiger partial charge in [0.2, 0.25) is 5.91 Å². The van der Waals surface area contributed by atoms with Crippen LogP contribution in [0, 0.1) is 23.7 Å². The van der Waals surface area contributed by atoms with Crippen molar-refractivity contribution in [1.82, 2.24) is 5.32 Å². The number of carbonyl (C=O) groups excluding carboxylic acids is 2. The van der Waals surface area contributed by atoms with Crippen LogP contribution in [-0.2, 0) is 15.0 Å². The molecule has 8 heteroatoms. The molecule has 5 atom stereocenters. The number of hydrogen-bond acceptors (Lipinski definition) is 4. The number of amides is 1. The summed E-state index contributed by atoms with van der Waals surface area (Å²) >= 11 is 0. The van der Waals surface area contributed by atoms with Crippen molar-refractivity contribution in [3.8, 4) is 5.75 Å². The van der Waals surface area contributed by atoms with E-state index in [1.54, 1.807) is 0 Å². The van der Waals surface area contributed by atoms with Crippen LogP contribution in [0.2, 0.25) is 0 Å². The van der Waals surface area contributed by atoms with E-state index in [-0.39, 0.29) is 23.5 Å². The van der Waals surface area contributed by atoms with E-state index < -0.39 is 17.8 Å². The van der Waals surface area contributed by atoms with Gasteiger partial charge in [-0.3, -0.25) is 9.59 Å². The number of fused-ring (bicyclic) bond motifs is 4. The highest BCUT2D eigenvalue weighted by atomic mass is 19.4.